The predicted molar refractivity (Wildman–Crippen MR) is 162 cm³/mol. The Morgan fingerprint density at radius 2 is 1.85 bits per heavy atom. The second-order valence-electron chi connectivity index (χ2n) is 11.7. The molecule has 0 N–H and O–H groups in total. The first-order chi connectivity index (χ1) is 20.1. The van der Waals surface area contributed by atoms with Gasteiger partial charge in [0.1, 0.15) is 5.76 Å². The monoisotopic (exact) mass is 543 g/mol. The largest absolute Gasteiger partial charge is 0.441 e. The van der Waals surface area contributed by atoms with Crippen LogP contribution in [-0.2, 0) is 17.6 Å². The Morgan fingerprint density at radius 1 is 0.951 bits per heavy atom. The summed E-state index contributed by atoms with van der Waals surface area (Å²) in [5.74, 6) is 1.51. The topological polar surface area (TPSA) is 65.7 Å². The maximum atomic E-state index is 13.9. The number of aryl methyl sites for hydroxylation is 1. The van der Waals surface area contributed by atoms with E-state index >= 15 is 0 Å². The van der Waals surface area contributed by atoms with Crippen LogP contribution >= 0.6 is 0 Å². The van der Waals surface area contributed by atoms with E-state index < -0.39 is 0 Å². The van der Waals surface area contributed by atoms with Crippen LogP contribution in [0.25, 0.3) is 33.1 Å². The Labute approximate surface area is 239 Å². The molecule has 0 aliphatic carbocycles. The molecule has 5 aromatic rings. The smallest absolute Gasteiger partial charge is 0.231 e. The first-order valence-corrected chi connectivity index (χ1v) is 14.8. The number of nitrogens with zero attached hydrogens (tertiary/aromatic N) is 5. The van der Waals surface area contributed by atoms with Crippen LogP contribution in [0.3, 0.4) is 0 Å². The van der Waals surface area contributed by atoms with Crippen molar-refractivity contribution in [1.29, 1.82) is 0 Å². The number of carbonyl (C=O) groups excluding carboxylic acids is 1. The molecule has 7 heteroatoms. The number of hydrogen-bond donors (Lipinski definition) is 0. The minimum Gasteiger partial charge on any atom is -0.441 e. The molecule has 7 nitrogen and oxygen atoms in total. The number of rotatable bonds is 4. The number of oxazole rings is 1. The molecular formula is C34H33N5O2. The number of fused-ring (bicyclic) bond motifs is 4. The average molecular weight is 544 g/mol. The third-order valence-electron chi connectivity index (χ3n) is 9.25. The molecule has 1 unspecified atom stereocenters. The lowest BCUT2D eigenvalue weighted by molar-refractivity contribution is -0.117. The number of amides is 1. The van der Waals surface area contributed by atoms with Gasteiger partial charge in [-0.1, -0.05) is 30.3 Å². The van der Waals surface area contributed by atoms with Crippen LogP contribution in [-0.4, -0.2) is 59.5 Å². The Morgan fingerprint density at radius 3 is 2.76 bits per heavy atom. The summed E-state index contributed by atoms with van der Waals surface area (Å²) in [6.45, 7) is 7.05. The SMILES string of the molecule is Cc1cnc(-c2cccc3c(CC(=O)N4CCc5cc6nccc(N7CCN8CCCC8C7)c6cc54)cccc23)o1. The molecule has 2 aromatic heterocycles. The van der Waals surface area contributed by atoms with Gasteiger partial charge < -0.3 is 14.2 Å². The van der Waals surface area contributed by atoms with Gasteiger partial charge in [-0.05, 0) is 78.9 Å². The molecular weight excluding hydrogens is 510 g/mol. The fourth-order valence-electron chi connectivity index (χ4n) is 7.21. The normalized spacial score (nSPS) is 18.8. The van der Waals surface area contributed by atoms with Crippen molar-refractivity contribution < 1.29 is 9.21 Å². The third-order valence-corrected chi connectivity index (χ3v) is 9.25. The minimum atomic E-state index is 0.123. The summed E-state index contributed by atoms with van der Waals surface area (Å²) in [7, 11) is 0. The zero-order valence-electron chi connectivity index (χ0n) is 23.3. The molecule has 3 aromatic carbocycles. The van der Waals surface area contributed by atoms with Crippen LogP contribution in [0.2, 0.25) is 0 Å². The van der Waals surface area contributed by atoms with Gasteiger partial charge in [-0.15, -0.1) is 0 Å². The maximum absolute atomic E-state index is 13.9. The molecule has 1 amide bonds. The third kappa shape index (κ3) is 4.18. The highest BCUT2D eigenvalue weighted by Crippen LogP contribution is 2.38. The molecule has 0 spiro atoms. The van der Waals surface area contributed by atoms with E-state index in [0.29, 0.717) is 24.9 Å². The highest BCUT2D eigenvalue weighted by molar-refractivity contribution is 6.04. The lowest BCUT2D eigenvalue weighted by atomic mass is 9.98. The van der Waals surface area contributed by atoms with Crippen molar-refractivity contribution in [1.82, 2.24) is 14.9 Å². The Kier molecular flexibility index (Phi) is 5.81. The number of pyridine rings is 1. The molecule has 5 heterocycles. The van der Waals surface area contributed by atoms with Gasteiger partial charge in [-0.3, -0.25) is 14.7 Å². The zero-order chi connectivity index (χ0) is 27.5. The molecule has 3 aliphatic rings. The summed E-state index contributed by atoms with van der Waals surface area (Å²) in [5, 5.41) is 3.25. The molecule has 1 atom stereocenters. The standard InChI is InChI=1S/C34H33N5O2/c1-22-20-36-34(41-22)28-9-3-7-26-23(5-2-8-27(26)28)18-33(40)39-14-11-24-17-30-29(19-32(24)39)31(10-12-35-30)38-16-15-37-13-4-6-25(37)21-38/h2-3,5,7-10,12,17,19-20,25H,4,6,11,13-16,18,21H2,1H3. The lowest BCUT2D eigenvalue weighted by Crippen LogP contribution is -2.50. The zero-order valence-corrected chi connectivity index (χ0v) is 23.3. The van der Waals surface area contributed by atoms with Crippen molar-refractivity contribution in [3.05, 3.63) is 83.9 Å². The van der Waals surface area contributed by atoms with Crippen LogP contribution < -0.4 is 9.80 Å². The van der Waals surface area contributed by atoms with E-state index in [1.807, 2.05) is 36.2 Å². The van der Waals surface area contributed by atoms with E-state index in [1.165, 1.54) is 30.6 Å². The molecule has 8 rings (SSSR count). The number of hydrogen-bond acceptors (Lipinski definition) is 6. The Balaban J connectivity index is 1.11. The molecule has 0 bridgehead atoms. The highest BCUT2D eigenvalue weighted by Gasteiger charge is 2.32. The van der Waals surface area contributed by atoms with Crippen LogP contribution in [0.5, 0.6) is 0 Å². The Bertz CT molecular complexity index is 1810. The molecule has 2 saturated heterocycles. The fourth-order valence-corrected chi connectivity index (χ4v) is 7.21. The number of anilines is 2. The first kappa shape index (κ1) is 24.6. The number of piperazine rings is 1. The van der Waals surface area contributed by atoms with Gasteiger partial charge in [0.25, 0.3) is 0 Å². The van der Waals surface area contributed by atoms with Gasteiger partial charge in [0.05, 0.1) is 18.1 Å². The maximum Gasteiger partial charge on any atom is 0.231 e. The van der Waals surface area contributed by atoms with E-state index in [4.69, 9.17) is 9.40 Å². The van der Waals surface area contributed by atoms with Crippen molar-refractivity contribution in [2.24, 2.45) is 0 Å². The summed E-state index contributed by atoms with van der Waals surface area (Å²) in [6, 6.07) is 19.5. The van der Waals surface area contributed by atoms with Gasteiger partial charge in [0.15, 0.2) is 0 Å². The van der Waals surface area contributed by atoms with E-state index in [9.17, 15) is 4.79 Å². The quantitative estimate of drug-likeness (QED) is 0.287. The number of aromatic nitrogens is 2. The Hall–Kier alpha value is -4.23. The van der Waals surface area contributed by atoms with Crippen LogP contribution in [0.4, 0.5) is 11.4 Å². The predicted octanol–water partition coefficient (Wildman–Crippen LogP) is 5.77. The highest BCUT2D eigenvalue weighted by atomic mass is 16.4. The molecule has 0 saturated carbocycles. The molecule has 2 fully saturated rings. The van der Waals surface area contributed by atoms with Crippen LogP contribution in [0, 0.1) is 6.92 Å². The van der Waals surface area contributed by atoms with E-state index in [2.05, 4.69) is 51.2 Å². The summed E-state index contributed by atoms with van der Waals surface area (Å²) in [4.78, 5) is 30.2. The number of benzene rings is 3. The van der Waals surface area contributed by atoms with E-state index in [-0.39, 0.29) is 5.91 Å². The summed E-state index contributed by atoms with van der Waals surface area (Å²) >= 11 is 0. The average Bonchev–Trinajstić information content (AvgIpc) is 3.75. The minimum absolute atomic E-state index is 0.123. The fraction of sp³-hybridized carbons (Fsp3) is 0.324. The van der Waals surface area contributed by atoms with Crippen molar-refractivity contribution in [3.63, 3.8) is 0 Å². The molecule has 206 valence electrons. The molecule has 3 aliphatic heterocycles. The van der Waals surface area contributed by atoms with Crippen molar-refractivity contribution in [2.75, 3.05) is 42.5 Å². The lowest BCUT2D eigenvalue weighted by Gasteiger charge is -2.39. The van der Waals surface area contributed by atoms with Gasteiger partial charge in [-0.25, -0.2) is 4.98 Å². The van der Waals surface area contributed by atoms with E-state index in [0.717, 1.165) is 70.3 Å². The van der Waals surface area contributed by atoms with E-state index in [1.54, 1.807) is 6.20 Å². The van der Waals surface area contributed by atoms with Gasteiger partial charge in [-0.2, -0.15) is 0 Å². The van der Waals surface area contributed by atoms with Crippen molar-refractivity contribution in [3.8, 4) is 11.5 Å². The van der Waals surface area contributed by atoms with Gasteiger partial charge in [0, 0.05) is 60.7 Å². The summed E-state index contributed by atoms with van der Waals surface area (Å²) in [6.07, 6.45) is 7.46. The van der Waals surface area contributed by atoms with Gasteiger partial charge in [0.2, 0.25) is 11.8 Å². The second kappa shape index (κ2) is 9.70. The molecule has 41 heavy (non-hydrogen) atoms. The summed E-state index contributed by atoms with van der Waals surface area (Å²) in [5.41, 5.74) is 6.47. The van der Waals surface area contributed by atoms with Gasteiger partial charge >= 0.3 is 0 Å². The van der Waals surface area contributed by atoms with Crippen LogP contribution in [0.1, 0.15) is 29.7 Å². The summed E-state index contributed by atoms with van der Waals surface area (Å²) < 4.78 is 5.83. The number of carbonyl (C=O) groups is 1. The van der Waals surface area contributed by atoms with Crippen LogP contribution in [0.15, 0.2) is 71.4 Å². The van der Waals surface area contributed by atoms with Crippen molar-refractivity contribution in [2.45, 2.75) is 38.6 Å². The first-order valence-electron chi connectivity index (χ1n) is 14.8. The van der Waals surface area contributed by atoms with Crippen molar-refractivity contribution >= 4 is 39.0 Å². The molecule has 0 radical (unpaired) electrons. The second-order valence-corrected chi connectivity index (χ2v) is 11.7.